The Morgan fingerprint density at radius 1 is 1.37 bits per heavy atom. The number of ether oxygens (including phenoxy) is 2. The molecule has 2 amide bonds. The fraction of sp³-hybridized carbons (Fsp3) is 0.273. The van der Waals surface area contributed by atoms with E-state index in [1.807, 2.05) is 0 Å². The van der Waals surface area contributed by atoms with Crippen molar-refractivity contribution in [1.29, 1.82) is 0 Å². The average molecular weight is 287 g/mol. The van der Waals surface area contributed by atoms with Crippen LogP contribution in [-0.2, 0) is 9.63 Å². The van der Waals surface area contributed by atoms with Gasteiger partial charge in [-0.2, -0.15) is 0 Å². The number of benzene rings is 1. The molecule has 0 saturated heterocycles. The van der Waals surface area contributed by atoms with Crippen LogP contribution in [-0.4, -0.2) is 31.6 Å². The molecule has 8 heteroatoms. The molecule has 0 radical (unpaired) electrons. The van der Waals surface area contributed by atoms with Gasteiger partial charge in [0.25, 0.3) is 5.91 Å². The fourth-order valence-corrected chi connectivity index (χ4v) is 1.74. The summed E-state index contributed by atoms with van der Waals surface area (Å²) < 4.78 is 10.7. The minimum atomic E-state index is -0.694. The SMILES string of the molecule is NC(=O)CONC(=O)c1cc(Cl)c2c(c1)OCCO2. The van der Waals surface area contributed by atoms with Crippen molar-refractivity contribution in [3.63, 3.8) is 0 Å². The highest BCUT2D eigenvalue weighted by molar-refractivity contribution is 6.32. The van der Waals surface area contributed by atoms with Gasteiger partial charge in [0, 0.05) is 5.56 Å². The summed E-state index contributed by atoms with van der Waals surface area (Å²) in [6.07, 6.45) is 0. The number of carbonyl (C=O) groups excluding carboxylic acids is 2. The third kappa shape index (κ3) is 3.27. The van der Waals surface area contributed by atoms with Crippen LogP contribution in [0.4, 0.5) is 0 Å². The molecule has 19 heavy (non-hydrogen) atoms. The van der Waals surface area contributed by atoms with E-state index in [4.69, 9.17) is 26.8 Å². The standard InChI is InChI=1S/C11H11ClN2O5/c12-7-3-6(11(16)14-19-5-9(13)15)4-8-10(7)18-2-1-17-8/h3-4H,1-2,5H2,(H2,13,15)(H,14,16). The molecule has 0 fully saturated rings. The lowest BCUT2D eigenvalue weighted by atomic mass is 10.2. The number of carbonyl (C=O) groups is 2. The molecule has 1 aliphatic heterocycles. The second-order valence-electron chi connectivity index (χ2n) is 3.67. The third-order valence-corrected chi connectivity index (χ3v) is 2.52. The van der Waals surface area contributed by atoms with Crippen molar-refractivity contribution < 1.29 is 23.9 Å². The summed E-state index contributed by atoms with van der Waals surface area (Å²) in [6.45, 7) is 0.372. The largest absolute Gasteiger partial charge is 0.486 e. The summed E-state index contributed by atoms with van der Waals surface area (Å²) in [5, 5.41) is 0.261. The molecule has 1 aliphatic rings. The van der Waals surface area contributed by atoms with Crippen LogP contribution in [0.25, 0.3) is 0 Å². The number of rotatable bonds is 4. The first-order chi connectivity index (χ1) is 9.08. The van der Waals surface area contributed by atoms with Crippen molar-refractivity contribution in [2.45, 2.75) is 0 Å². The molecule has 0 spiro atoms. The van der Waals surface area contributed by atoms with Crippen LogP contribution in [0.5, 0.6) is 11.5 Å². The molecule has 0 bridgehead atoms. The molecular formula is C11H11ClN2O5. The smallest absolute Gasteiger partial charge is 0.275 e. The van der Waals surface area contributed by atoms with E-state index in [-0.39, 0.29) is 10.6 Å². The highest BCUT2D eigenvalue weighted by Gasteiger charge is 2.19. The van der Waals surface area contributed by atoms with Crippen molar-refractivity contribution in [2.24, 2.45) is 5.73 Å². The van der Waals surface area contributed by atoms with Crippen molar-refractivity contribution >= 4 is 23.4 Å². The van der Waals surface area contributed by atoms with Gasteiger partial charge in [-0.1, -0.05) is 11.6 Å². The molecule has 1 heterocycles. The molecule has 2 rings (SSSR count). The van der Waals surface area contributed by atoms with Crippen molar-refractivity contribution in [3.05, 3.63) is 22.7 Å². The summed E-state index contributed by atoms with van der Waals surface area (Å²) in [5.74, 6) is -0.470. The van der Waals surface area contributed by atoms with Gasteiger partial charge in [0.1, 0.15) is 13.2 Å². The predicted molar refractivity (Wildman–Crippen MR) is 65.1 cm³/mol. The Morgan fingerprint density at radius 3 is 2.84 bits per heavy atom. The number of halogens is 1. The van der Waals surface area contributed by atoms with E-state index >= 15 is 0 Å². The molecule has 0 aromatic heterocycles. The van der Waals surface area contributed by atoms with Gasteiger partial charge in [-0.05, 0) is 12.1 Å². The van der Waals surface area contributed by atoms with E-state index in [1.165, 1.54) is 12.1 Å². The van der Waals surface area contributed by atoms with Gasteiger partial charge >= 0.3 is 0 Å². The van der Waals surface area contributed by atoms with E-state index in [9.17, 15) is 9.59 Å². The van der Waals surface area contributed by atoms with Gasteiger partial charge in [-0.15, -0.1) is 0 Å². The maximum atomic E-state index is 11.7. The summed E-state index contributed by atoms with van der Waals surface area (Å²) >= 11 is 5.98. The second-order valence-corrected chi connectivity index (χ2v) is 4.08. The van der Waals surface area contributed by atoms with Crippen LogP contribution in [0.3, 0.4) is 0 Å². The minimum Gasteiger partial charge on any atom is -0.486 e. The van der Waals surface area contributed by atoms with Gasteiger partial charge in [0.15, 0.2) is 18.1 Å². The zero-order chi connectivity index (χ0) is 13.8. The highest BCUT2D eigenvalue weighted by atomic mass is 35.5. The second kappa shape index (κ2) is 5.77. The van der Waals surface area contributed by atoms with E-state index < -0.39 is 18.4 Å². The molecule has 102 valence electrons. The molecule has 0 atom stereocenters. The van der Waals surface area contributed by atoms with Crippen molar-refractivity contribution in [2.75, 3.05) is 19.8 Å². The maximum Gasteiger partial charge on any atom is 0.275 e. The van der Waals surface area contributed by atoms with Gasteiger partial charge in [0.2, 0.25) is 5.91 Å². The molecule has 0 saturated carbocycles. The highest BCUT2D eigenvalue weighted by Crippen LogP contribution is 2.38. The van der Waals surface area contributed by atoms with Crippen LogP contribution in [0.1, 0.15) is 10.4 Å². The Balaban J connectivity index is 2.10. The van der Waals surface area contributed by atoms with E-state index in [0.29, 0.717) is 24.7 Å². The predicted octanol–water partition coefficient (Wildman–Crippen LogP) is 0.258. The molecule has 1 aromatic rings. The number of amides is 2. The van der Waals surface area contributed by atoms with E-state index in [1.54, 1.807) is 0 Å². The zero-order valence-corrected chi connectivity index (χ0v) is 10.5. The molecule has 7 nitrogen and oxygen atoms in total. The average Bonchev–Trinajstić information content (AvgIpc) is 2.38. The first kappa shape index (κ1) is 13.4. The number of hydroxylamine groups is 1. The number of primary amides is 1. The van der Waals surface area contributed by atoms with E-state index in [2.05, 4.69) is 10.3 Å². The summed E-state index contributed by atoms with van der Waals surface area (Å²) in [7, 11) is 0. The normalized spacial score (nSPS) is 12.9. The van der Waals surface area contributed by atoms with Crippen LogP contribution in [0.2, 0.25) is 5.02 Å². The molecule has 1 aromatic carbocycles. The summed E-state index contributed by atoms with van der Waals surface area (Å²) in [4.78, 5) is 26.8. The Labute approximate surface area is 113 Å². The minimum absolute atomic E-state index is 0.221. The first-order valence-electron chi connectivity index (χ1n) is 5.37. The Bertz CT molecular complexity index is 520. The summed E-state index contributed by atoms with van der Waals surface area (Å²) in [6, 6.07) is 2.89. The lowest BCUT2D eigenvalue weighted by molar-refractivity contribution is -0.124. The van der Waals surface area contributed by atoms with E-state index in [0.717, 1.165) is 0 Å². The lowest BCUT2D eigenvalue weighted by Crippen LogP contribution is -2.29. The topological polar surface area (TPSA) is 99.9 Å². The lowest BCUT2D eigenvalue weighted by Gasteiger charge is -2.20. The number of nitrogens with two attached hydrogens (primary N) is 1. The van der Waals surface area contributed by atoms with Crippen LogP contribution in [0, 0.1) is 0 Å². The molecule has 0 aliphatic carbocycles. The third-order valence-electron chi connectivity index (χ3n) is 2.24. The monoisotopic (exact) mass is 286 g/mol. The number of fused-ring (bicyclic) bond motifs is 1. The molecule has 0 unspecified atom stereocenters. The number of hydrogen-bond acceptors (Lipinski definition) is 5. The zero-order valence-electron chi connectivity index (χ0n) is 9.77. The van der Waals surface area contributed by atoms with Gasteiger partial charge in [-0.25, -0.2) is 5.48 Å². The maximum absolute atomic E-state index is 11.7. The Hall–Kier alpha value is -1.99. The van der Waals surface area contributed by atoms with Crippen LogP contribution < -0.4 is 20.7 Å². The van der Waals surface area contributed by atoms with Crippen molar-refractivity contribution in [1.82, 2.24) is 5.48 Å². The van der Waals surface area contributed by atoms with Gasteiger partial charge < -0.3 is 15.2 Å². The number of nitrogens with one attached hydrogen (secondary N) is 1. The van der Waals surface area contributed by atoms with Crippen LogP contribution >= 0.6 is 11.6 Å². The first-order valence-corrected chi connectivity index (χ1v) is 5.75. The summed E-state index contributed by atoms with van der Waals surface area (Å²) in [5.41, 5.74) is 7.15. The quantitative estimate of drug-likeness (QED) is 0.773. The van der Waals surface area contributed by atoms with Gasteiger partial charge in [0.05, 0.1) is 5.02 Å². The fourth-order valence-electron chi connectivity index (χ4n) is 1.47. The van der Waals surface area contributed by atoms with Crippen molar-refractivity contribution in [3.8, 4) is 11.5 Å². The molecular weight excluding hydrogens is 276 g/mol. The Morgan fingerprint density at radius 2 is 2.11 bits per heavy atom. The van der Waals surface area contributed by atoms with Crippen LogP contribution in [0.15, 0.2) is 12.1 Å². The van der Waals surface area contributed by atoms with Gasteiger partial charge in [-0.3, -0.25) is 14.4 Å². The number of hydrogen-bond donors (Lipinski definition) is 2. The Kier molecular flexibility index (Phi) is 4.08. The molecule has 3 N–H and O–H groups in total.